The number of rotatable bonds is 13. The van der Waals surface area contributed by atoms with Gasteiger partial charge in [0.05, 0.1) is 10.9 Å². The van der Waals surface area contributed by atoms with Crippen molar-refractivity contribution in [3.8, 4) is 0 Å². The number of ether oxygens (including phenoxy) is 1. The molecule has 0 aliphatic carbocycles. The van der Waals surface area contributed by atoms with Crippen LogP contribution in [0.5, 0.6) is 0 Å². The third-order valence-electron chi connectivity index (χ3n) is 8.31. The van der Waals surface area contributed by atoms with Gasteiger partial charge in [0.25, 0.3) is 0 Å². The average Bonchev–Trinajstić information content (AvgIpc) is 3.08. The quantitative estimate of drug-likeness (QED) is 0.137. The highest BCUT2D eigenvalue weighted by molar-refractivity contribution is 7.92. The fraction of sp³-hybridized carbons (Fsp3) is 0.243. The highest BCUT2D eigenvalue weighted by Crippen LogP contribution is 2.27. The minimum atomic E-state index is -3.86. The summed E-state index contributed by atoms with van der Waals surface area (Å²) in [6.45, 7) is 1.77. The molecule has 8 nitrogen and oxygen atoms in total. The molecule has 0 saturated heterocycles. The smallest absolute Gasteiger partial charge is 0.415 e. The van der Waals surface area contributed by atoms with E-state index < -0.39 is 33.4 Å². The lowest BCUT2D eigenvalue weighted by Gasteiger charge is -2.28. The number of ketones is 1. The van der Waals surface area contributed by atoms with Gasteiger partial charge in [-0.15, -0.1) is 0 Å². The maximum atomic E-state index is 13.4. The second-order valence-electron chi connectivity index (χ2n) is 11.5. The molecule has 5 rings (SSSR count). The van der Waals surface area contributed by atoms with E-state index in [1.165, 1.54) is 4.90 Å². The Kier molecular flexibility index (Phi) is 10.5. The summed E-state index contributed by atoms with van der Waals surface area (Å²) in [5, 5.41) is 2.40. The molecular weight excluding hydrogens is 598 g/mol. The number of Topliss-reactive ketones (excluding diaryl/α,β-unsaturated/α-hetero) is 1. The van der Waals surface area contributed by atoms with Crippen molar-refractivity contribution in [2.45, 2.75) is 61.6 Å². The van der Waals surface area contributed by atoms with Gasteiger partial charge in [0.15, 0.2) is 15.6 Å². The van der Waals surface area contributed by atoms with Crippen molar-refractivity contribution in [1.82, 2.24) is 0 Å². The lowest BCUT2D eigenvalue weighted by Crippen LogP contribution is -2.47. The van der Waals surface area contributed by atoms with Crippen LogP contribution in [0.2, 0.25) is 0 Å². The number of sulfone groups is 1. The van der Waals surface area contributed by atoms with E-state index in [1.807, 2.05) is 97.1 Å². The highest BCUT2D eigenvalue weighted by Gasteiger charge is 2.31. The highest BCUT2D eigenvalue weighted by atomic mass is 32.2. The van der Waals surface area contributed by atoms with Gasteiger partial charge in [-0.3, -0.25) is 9.69 Å². The first-order valence-electron chi connectivity index (χ1n) is 15.4. The Balaban J connectivity index is 1.21. The van der Waals surface area contributed by atoms with Crippen molar-refractivity contribution in [3.63, 3.8) is 0 Å². The molecule has 1 amide bonds. The number of benzene rings is 5. The Labute approximate surface area is 269 Å². The summed E-state index contributed by atoms with van der Waals surface area (Å²) < 4.78 is 32.1. The summed E-state index contributed by atoms with van der Waals surface area (Å²) in [5.74, 6) is -0.147. The Morgan fingerprint density at radius 2 is 1.33 bits per heavy atom. The molecular formula is C37H39N3O5S. The zero-order valence-corrected chi connectivity index (χ0v) is 26.6. The zero-order valence-electron chi connectivity index (χ0n) is 25.8. The number of fused-ring (bicyclic) bond motifs is 2. The summed E-state index contributed by atoms with van der Waals surface area (Å²) >= 11 is 0. The number of unbranched alkanes of at least 4 members (excludes halogenated alkanes) is 1. The number of nitrogens with zero attached hydrogens (tertiary/aromatic N) is 1. The van der Waals surface area contributed by atoms with Crippen molar-refractivity contribution in [3.05, 3.63) is 121 Å². The van der Waals surface area contributed by atoms with Crippen LogP contribution in [-0.2, 0) is 26.0 Å². The average molecular weight is 638 g/mol. The number of carbonyl (C=O) groups excluding carboxylic acids is 2. The van der Waals surface area contributed by atoms with Gasteiger partial charge in [-0.2, -0.15) is 0 Å². The molecule has 2 unspecified atom stereocenters. The molecule has 4 N–H and O–H groups in total. The van der Waals surface area contributed by atoms with Crippen molar-refractivity contribution < 1.29 is 22.7 Å². The van der Waals surface area contributed by atoms with E-state index >= 15 is 0 Å². The van der Waals surface area contributed by atoms with Crippen LogP contribution >= 0.6 is 0 Å². The number of carbonyl (C=O) groups is 2. The van der Waals surface area contributed by atoms with E-state index in [4.69, 9.17) is 16.2 Å². The number of nitrogens with two attached hydrogens (primary N) is 2. The number of anilines is 1. The molecule has 0 spiro atoms. The van der Waals surface area contributed by atoms with E-state index in [0.29, 0.717) is 24.9 Å². The summed E-state index contributed by atoms with van der Waals surface area (Å²) in [6, 6.07) is 33.6. The van der Waals surface area contributed by atoms with Crippen LogP contribution in [0, 0.1) is 0 Å². The molecule has 0 fully saturated rings. The Morgan fingerprint density at radius 1 is 0.739 bits per heavy atom. The molecule has 0 heterocycles. The maximum absolute atomic E-state index is 13.4. The van der Waals surface area contributed by atoms with Crippen molar-refractivity contribution in [2.75, 3.05) is 4.90 Å². The number of hydrogen-bond donors (Lipinski definition) is 2. The normalized spacial score (nSPS) is 13.6. The van der Waals surface area contributed by atoms with Gasteiger partial charge in [-0.1, -0.05) is 97.4 Å². The molecule has 0 aliphatic heterocycles. The second kappa shape index (κ2) is 14.7. The lowest BCUT2D eigenvalue weighted by molar-refractivity contribution is -0.120. The predicted molar refractivity (Wildman–Crippen MR) is 183 cm³/mol. The van der Waals surface area contributed by atoms with Crippen molar-refractivity contribution in [1.29, 1.82) is 0 Å². The van der Waals surface area contributed by atoms with Crippen LogP contribution in [-0.4, -0.2) is 37.8 Å². The molecule has 0 saturated carbocycles. The summed E-state index contributed by atoms with van der Waals surface area (Å²) in [4.78, 5) is 28.4. The van der Waals surface area contributed by atoms with E-state index in [2.05, 4.69) is 0 Å². The Morgan fingerprint density at radius 3 is 2.00 bits per heavy atom. The topological polar surface area (TPSA) is 133 Å². The minimum absolute atomic E-state index is 0.0743. The first-order valence-corrected chi connectivity index (χ1v) is 16.9. The lowest BCUT2D eigenvalue weighted by atomic mass is 10.0. The molecule has 46 heavy (non-hydrogen) atoms. The van der Waals surface area contributed by atoms with Gasteiger partial charge in [0, 0.05) is 18.2 Å². The summed E-state index contributed by atoms with van der Waals surface area (Å²) in [7, 11) is -3.86. The number of amides is 1. The molecule has 0 bridgehead atoms. The Hall–Kier alpha value is -4.57. The fourth-order valence-corrected chi connectivity index (χ4v) is 6.99. The van der Waals surface area contributed by atoms with Gasteiger partial charge in [0.1, 0.15) is 12.0 Å². The van der Waals surface area contributed by atoms with E-state index in [1.54, 1.807) is 25.1 Å². The molecule has 238 valence electrons. The zero-order chi connectivity index (χ0) is 32.7. The minimum Gasteiger partial charge on any atom is -0.444 e. The Bertz CT molecular complexity index is 1930. The maximum Gasteiger partial charge on any atom is 0.415 e. The first kappa shape index (κ1) is 32.8. The van der Waals surface area contributed by atoms with Crippen molar-refractivity contribution >= 4 is 48.9 Å². The monoisotopic (exact) mass is 637 g/mol. The standard InChI is InChI=1S/C37H39N3O5S/c1-26(40(37(42)45-25-27-11-3-2-4-12-27)32-21-19-28-13-5-7-15-30(28)23-32)35(41)18-10-9-17-34(38)36(39)46(43,44)33-22-20-29-14-6-8-16-31(29)24-33/h2-8,11-16,19-24,26,34,36H,9-10,17-18,25,38-39H2,1H3/t26-,34?,36?/m0/s1. The second-order valence-corrected chi connectivity index (χ2v) is 13.6. The van der Waals surface area contributed by atoms with Gasteiger partial charge in [0.2, 0.25) is 0 Å². The molecule has 5 aromatic rings. The van der Waals surface area contributed by atoms with Crippen LogP contribution < -0.4 is 16.4 Å². The molecule has 0 aromatic heterocycles. The first-order chi connectivity index (χ1) is 22.1. The van der Waals surface area contributed by atoms with Gasteiger partial charge in [-0.25, -0.2) is 13.2 Å². The third kappa shape index (κ3) is 7.62. The van der Waals surface area contributed by atoms with Crippen molar-refractivity contribution in [2.24, 2.45) is 11.5 Å². The molecule has 0 aliphatic rings. The molecule has 5 aromatic carbocycles. The van der Waals surface area contributed by atoms with Gasteiger partial charge in [-0.05, 0) is 71.1 Å². The summed E-state index contributed by atoms with van der Waals surface area (Å²) in [6.07, 6.45) is 0.839. The van der Waals surface area contributed by atoms with Crippen LogP contribution in [0.3, 0.4) is 0 Å². The van der Waals surface area contributed by atoms with E-state index in [0.717, 1.165) is 27.1 Å². The SMILES string of the molecule is C[C@@H](C(=O)CCCCC(N)C(N)S(=O)(=O)c1ccc2ccccc2c1)N(C(=O)OCc1ccccc1)c1ccc2ccccc2c1. The largest absolute Gasteiger partial charge is 0.444 e. The van der Waals surface area contributed by atoms with Crippen LogP contribution in [0.4, 0.5) is 10.5 Å². The fourth-order valence-electron chi connectivity index (χ4n) is 5.53. The predicted octanol–water partition coefficient (Wildman–Crippen LogP) is 6.74. The van der Waals surface area contributed by atoms with Crippen LogP contribution in [0.1, 0.15) is 38.2 Å². The van der Waals surface area contributed by atoms with Crippen LogP contribution in [0.15, 0.2) is 120 Å². The van der Waals surface area contributed by atoms with Gasteiger partial charge < -0.3 is 16.2 Å². The van der Waals surface area contributed by atoms with Gasteiger partial charge >= 0.3 is 6.09 Å². The molecule has 3 atom stereocenters. The van der Waals surface area contributed by atoms with E-state index in [-0.39, 0.29) is 23.7 Å². The third-order valence-corrected chi connectivity index (χ3v) is 10.3. The molecule has 0 radical (unpaired) electrons. The number of hydrogen-bond acceptors (Lipinski definition) is 7. The van der Waals surface area contributed by atoms with E-state index in [9.17, 15) is 18.0 Å². The molecule has 9 heteroatoms. The van der Waals surface area contributed by atoms with Crippen LogP contribution in [0.25, 0.3) is 21.5 Å². The summed E-state index contributed by atoms with van der Waals surface area (Å²) in [5.41, 5.74) is 13.8.